The molecule has 2 heterocycles. The summed E-state index contributed by atoms with van der Waals surface area (Å²) in [5, 5.41) is 4.91. The van der Waals surface area contributed by atoms with E-state index in [4.69, 9.17) is 19.5 Å². The fraction of sp³-hybridized carbons (Fsp3) is 0.429. The molecule has 5 rings (SSSR count). The monoisotopic (exact) mass is 458 g/mol. The molecule has 0 amide bonds. The number of morpholine rings is 2. The molecule has 3 aromatic carbocycles. The van der Waals surface area contributed by atoms with Crippen LogP contribution in [0.5, 0.6) is 0 Å². The van der Waals surface area contributed by atoms with Crippen LogP contribution in [0.25, 0.3) is 21.5 Å². The van der Waals surface area contributed by atoms with Crippen LogP contribution >= 0.6 is 0 Å². The van der Waals surface area contributed by atoms with Crippen LogP contribution in [-0.4, -0.2) is 101 Å². The summed E-state index contributed by atoms with van der Waals surface area (Å²) in [6.45, 7) is 10.9. The first-order valence-corrected chi connectivity index (χ1v) is 12.4. The van der Waals surface area contributed by atoms with Gasteiger partial charge in [0.15, 0.2) is 0 Å². The van der Waals surface area contributed by atoms with Crippen LogP contribution in [0.2, 0.25) is 0 Å². The van der Waals surface area contributed by atoms with Crippen molar-refractivity contribution in [1.29, 1.82) is 0 Å². The van der Waals surface area contributed by atoms with Gasteiger partial charge in [0.25, 0.3) is 0 Å². The van der Waals surface area contributed by atoms with Crippen molar-refractivity contribution in [2.45, 2.75) is 0 Å². The van der Waals surface area contributed by atoms with Gasteiger partial charge in [-0.1, -0.05) is 48.5 Å². The van der Waals surface area contributed by atoms with Gasteiger partial charge >= 0.3 is 0 Å². The Morgan fingerprint density at radius 1 is 0.588 bits per heavy atom. The molecule has 0 atom stereocenters. The molecule has 34 heavy (non-hydrogen) atoms. The number of benzene rings is 3. The standard InChI is InChI=1S/C28H34N4O2/c1-2-6-24-23(5-1)27(21-29-9-11-31-13-17-33-18-14-31)25-7-3-4-8-26(25)28(24)22-30-10-12-32-15-19-34-20-16-32/h1-8,21-22H,9-20H2. The highest BCUT2D eigenvalue weighted by Gasteiger charge is 2.13. The molecule has 0 aromatic heterocycles. The van der Waals surface area contributed by atoms with Gasteiger partial charge in [-0.3, -0.25) is 19.8 Å². The Balaban J connectivity index is 1.39. The number of fused-ring (bicyclic) bond motifs is 2. The topological polar surface area (TPSA) is 49.7 Å². The van der Waals surface area contributed by atoms with Crippen LogP contribution < -0.4 is 0 Å². The Labute approximate surface area is 201 Å². The summed E-state index contributed by atoms with van der Waals surface area (Å²) in [7, 11) is 0. The molecule has 0 saturated carbocycles. The number of aliphatic imine (C=N–C) groups is 2. The van der Waals surface area contributed by atoms with Gasteiger partial charge < -0.3 is 9.47 Å². The average molecular weight is 459 g/mol. The first-order valence-electron chi connectivity index (χ1n) is 12.4. The zero-order valence-corrected chi connectivity index (χ0v) is 19.9. The number of hydrogen-bond acceptors (Lipinski definition) is 6. The third-order valence-corrected chi connectivity index (χ3v) is 6.75. The van der Waals surface area contributed by atoms with E-state index in [1.807, 2.05) is 0 Å². The van der Waals surface area contributed by atoms with Crippen molar-refractivity contribution < 1.29 is 9.47 Å². The molecule has 0 spiro atoms. The molecule has 2 saturated heterocycles. The normalized spacial score (nSPS) is 18.6. The van der Waals surface area contributed by atoms with E-state index in [1.54, 1.807) is 0 Å². The smallest absolute Gasteiger partial charge is 0.0594 e. The van der Waals surface area contributed by atoms with Crippen molar-refractivity contribution >= 4 is 34.0 Å². The van der Waals surface area contributed by atoms with Crippen LogP contribution in [0.3, 0.4) is 0 Å². The van der Waals surface area contributed by atoms with Gasteiger partial charge in [-0.2, -0.15) is 0 Å². The van der Waals surface area contributed by atoms with E-state index in [2.05, 4.69) is 70.8 Å². The van der Waals surface area contributed by atoms with Crippen LogP contribution in [0, 0.1) is 0 Å². The molecule has 0 N–H and O–H groups in total. The molecule has 2 aliphatic rings. The van der Waals surface area contributed by atoms with Gasteiger partial charge in [-0.25, -0.2) is 0 Å². The second-order valence-corrected chi connectivity index (χ2v) is 8.90. The molecular formula is C28H34N4O2. The third kappa shape index (κ3) is 5.53. The Bertz CT molecular complexity index is 1000. The van der Waals surface area contributed by atoms with Crippen LogP contribution in [0.1, 0.15) is 11.1 Å². The van der Waals surface area contributed by atoms with Crippen molar-refractivity contribution in [3.63, 3.8) is 0 Å². The first kappa shape index (κ1) is 23.1. The lowest BCUT2D eigenvalue weighted by Crippen LogP contribution is -2.37. The first-order chi connectivity index (χ1) is 16.9. The number of rotatable bonds is 8. The summed E-state index contributed by atoms with van der Waals surface area (Å²) in [5.41, 5.74) is 2.39. The van der Waals surface area contributed by atoms with Gasteiger partial charge in [0.1, 0.15) is 0 Å². The molecule has 3 aromatic rings. The van der Waals surface area contributed by atoms with E-state index in [1.165, 1.54) is 32.7 Å². The lowest BCUT2D eigenvalue weighted by molar-refractivity contribution is 0.0394. The molecule has 2 fully saturated rings. The Morgan fingerprint density at radius 3 is 1.29 bits per heavy atom. The second kappa shape index (κ2) is 11.7. The van der Waals surface area contributed by atoms with E-state index >= 15 is 0 Å². The van der Waals surface area contributed by atoms with Crippen LogP contribution in [-0.2, 0) is 9.47 Å². The Morgan fingerprint density at radius 2 is 0.941 bits per heavy atom. The summed E-state index contributed by atoms with van der Waals surface area (Å²) in [6.07, 6.45) is 4.15. The lowest BCUT2D eigenvalue weighted by Gasteiger charge is -2.25. The zero-order valence-electron chi connectivity index (χ0n) is 19.9. The maximum Gasteiger partial charge on any atom is 0.0594 e. The molecule has 0 bridgehead atoms. The summed E-state index contributed by atoms with van der Waals surface area (Å²) in [6, 6.07) is 17.3. The number of hydrogen-bond donors (Lipinski definition) is 0. The molecule has 6 nitrogen and oxygen atoms in total. The van der Waals surface area contributed by atoms with Gasteiger partial charge in [-0.15, -0.1) is 0 Å². The van der Waals surface area contributed by atoms with Crippen LogP contribution in [0.15, 0.2) is 58.5 Å². The van der Waals surface area contributed by atoms with E-state index in [-0.39, 0.29) is 0 Å². The summed E-state index contributed by atoms with van der Waals surface area (Å²) in [5.74, 6) is 0. The molecular weight excluding hydrogens is 424 g/mol. The third-order valence-electron chi connectivity index (χ3n) is 6.75. The van der Waals surface area contributed by atoms with Crippen molar-refractivity contribution in [2.24, 2.45) is 9.98 Å². The lowest BCUT2D eigenvalue weighted by atomic mass is 9.92. The minimum Gasteiger partial charge on any atom is -0.379 e. The molecule has 0 unspecified atom stereocenters. The quantitative estimate of drug-likeness (QED) is 0.383. The fourth-order valence-corrected chi connectivity index (χ4v) is 4.83. The van der Waals surface area contributed by atoms with Crippen molar-refractivity contribution in [3.8, 4) is 0 Å². The maximum atomic E-state index is 5.45. The van der Waals surface area contributed by atoms with Gasteiger partial charge in [0, 0.05) is 62.8 Å². The van der Waals surface area contributed by atoms with Gasteiger partial charge in [-0.05, 0) is 21.5 Å². The minimum absolute atomic E-state index is 0.799. The summed E-state index contributed by atoms with van der Waals surface area (Å²) in [4.78, 5) is 14.5. The highest BCUT2D eigenvalue weighted by Crippen LogP contribution is 2.31. The van der Waals surface area contributed by atoms with E-state index in [0.29, 0.717) is 0 Å². The molecule has 0 radical (unpaired) electrons. The maximum absolute atomic E-state index is 5.45. The van der Waals surface area contributed by atoms with Crippen molar-refractivity contribution in [2.75, 3.05) is 78.8 Å². The van der Waals surface area contributed by atoms with Gasteiger partial charge in [0.05, 0.1) is 39.5 Å². The average Bonchev–Trinajstić information content (AvgIpc) is 2.90. The highest BCUT2D eigenvalue weighted by atomic mass is 16.5. The summed E-state index contributed by atoms with van der Waals surface area (Å²) >= 11 is 0. The van der Waals surface area contributed by atoms with Crippen molar-refractivity contribution in [1.82, 2.24) is 9.80 Å². The molecule has 6 heteroatoms. The predicted octanol–water partition coefficient (Wildman–Crippen LogP) is 3.50. The highest BCUT2D eigenvalue weighted by molar-refractivity contribution is 6.21. The minimum atomic E-state index is 0.799. The Kier molecular flexibility index (Phi) is 7.93. The summed E-state index contributed by atoms with van der Waals surface area (Å²) < 4.78 is 10.9. The fourth-order valence-electron chi connectivity index (χ4n) is 4.83. The van der Waals surface area contributed by atoms with Crippen LogP contribution in [0.4, 0.5) is 0 Å². The molecule has 0 aliphatic carbocycles. The van der Waals surface area contributed by atoms with Crippen molar-refractivity contribution in [3.05, 3.63) is 59.7 Å². The second-order valence-electron chi connectivity index (χ2n) is 8.90. The molecule has 2 aliphatic heterocycles. The van der Waals surface area contributed by atoms with E-state index in [0.717, 1.165) is 78.8 Å². The molecule has 178 valence electrons. The number of nitrogens with zero attached hydrogens (tertiary/aromatic N) is 4. The van der Waals surface area contributed by atoms with E-state index < -0.39 is 0 Å². The number of ether oxygens (including phenoxy) is 2. The van der Waals surface area contributed by atoms with E-state index in [9.17, 15) is 0 Å². The largest absolute Gasteiger partial charge is 0.379 e. The SMILES string of the molecule is C(=NCCN1CCOCC1)c1c2ccccc2c(C=NCCN2CCOCC2)c2ccccc12. The Hall–Kier alpha value is -2.64. The predicted molar refractivity (Wildman–Crippen MR) is 141 cm³/mol. The zero-order chi connectivity index (χ0) is 23.0. The van der Waals surface area contributed by atoms with Gasteiger partial charge in [0.2, 0.25) is 0 Å².